The van der Waals surface area contributed by atoms with E-state index in [1.165, 1.54) is 0 Å². The summed E-state index contributed by atoms with van der Waals surface area (Å²) in [6.07, 6.45) is 1.15. The third-order valence-electron chi connectivity index (χ3n) is 3.22. The Morgan fingerprint density at radius 1 is 1.27 bits per heavy atom. The van der Waals surface area contributed by atoms with Crippen molar-refractivity contribution in [2.24, 2.45) is 11.7 Å². The van der Waals surface area contributed by atoms with Gasteiger partial charge >= 0.3 is 0 Å². The summed E-state index contributed by atoms with van der Waals surface area (Å²) in [6, 6.07) is 5.53. The Morgan fingerprint density at radius 3 is 2.45 bits per heavy atom. The molecule has 0 fully saturated rings. The molecule has 0 aliphatic rings. The third kappa shape index (κ3) is 7.14. The van der Waals surface area contributed by atoms with Gasteiger partial charge in [-0.05, 0) is 44.7 Å². The second-order valence-corrected chi connectivity index (χ2v) is 6.18. The van der Waals surface area contributed by atoms with Crippen molar-refractivity contribution >= 4 is 18.3 Å². The molecule has 1 aromatic carbocycles. The number of carbonyl (C=O) groups is 1. The van der Waals surface area contributed by atoms with Crippen molar-refractivity contribution in [2.45, 2.75) is 59.7 Å². The molecule has 1 unspecified atom stereocenters. The smallest absolute Gasteiger partial charge is 0.236 e. The second-order valence-electron chi connectivity index (χ2n) is 6.18. The predicted octanol–water partition coefficient (Wildman–Crippen LogP) is 3.19. The Morgan fingerprint density at radius 2 is 1.91 bits per heavy atom. The monoisotopic (exact) mass is 328 g/mol. The van der Waals surface area contributed by atoms with Crippen LogP contribution in [0.1, 0.15) is 45.2 Å². The lowest BCUT2D eigenvalue weighted by atomic mass is 10.1. The summed E-state index contributed by atoms with van der Waals surface area (Å²) in [5, 5.41) is 2.83. The number of carbonyl (C=O) groups excluding carboxylic acids is 1. The van der Waals surface area contributed by atoms with Gasteiger partial charge in [0.15, 0.2) is 0 Å². The molecule has 0 aromatic heterocycles. The van der Waals surface area contributed by atoms with E-state index in [2.05, 4.69) is 26.1 Å². The van der Waals surface area contributed by atoms with E-state index in [9.17, 15) is 4.79 Å². The van der Waals surface area contributed by atoms with Crippen molar-refractivity contribution in [1.82, 2.24) is 5.32 Å². The molecule has 4 nitrogen and oxygen atoms in total. The van der Waals surface area contributed by atoms with Crippen LogP contribution in [0.5, 0.6) is 5.75 Å². The van der Waals surface area contributed by atoms with E-state index in [0.717, 1.165) is 23.3 Å². The van der Waals surface area contributed by atoms with Crippen molar-refractivity contribution in [3.05, 3.63) is 29.3 Å². The molecule has 0 aliphatic carbocycles. The molecule has 5 heteroatoms. The quantitative estimate of drug-likeness (QED) is 0.808. The molecule has 0 bridgehead atoms. The summed E-state index contributed by atoms with van der Waals surface area (Å²) in [5.74, 6) is 1.27. The van der Waals surface area contributed by atoms with Crippen molar-refractivity contribution in [1.29, 1.82) is 0 Å². The number of benzene rings is 1. The fourth-order valence-corrected chi connectivity index (χ4v) is 2.19. The normalized spacial score (nSPS) is 13.2. The van der Waals surface area contributed by atoms with Gasteiger partial charge in [0.2, 0.25) is 5.91 Å². The number of rotatable bonds is 7. The minimum atomic E-state index is -0.500. The molecule has 1 aromatic rings. The van der Waals surface area contributed by atoms with Crippen LogP contribution >= 0.6 is 12.4 Å². The molecule has 1 rings (SSSR count). The molecule has 0 spiro atoms. The zero-order valence-corrected chi connectivity index (χ0v) is 15.0. The number of hydrogen-bond acceptors (Lipinski definition) is 3. The van der Waals surface area contributed by atoms with E-state index >= 15 is 0 Å². The average molecular weight is 329 g/mol. The average Bonchev–Trinajstić information content (AvgIpc) is 2.36. The van der Waals surface area contributed by atoms with Crippen LogP contribution in [-0.2, 0) is 11.3 Å². The fraction of sp³-hybridized carbons (Fsp3) is 0.588. The molecule has 0 saturated carbocycles. The van der Waals surface area contributed by atoms with E-state index in [0.29, 0.717) is 12.5 Å². The van der Waals surface area contributed by atoms with Crippen LogP contribution in [-0.4, -0.2) is 18.1 Å². The van der Waals surface area contributed by atoms with Crippen LogP contribution in [0, 0.1) is 12.8 Å². The molecular formula is C17H29ClN2O2. The first-order valence-corrected chi connectivity index (χ1v) is 7.59. The molecule has 0 heterocycles. The summed E-state index contributed by atoms with van der Waals surface area (Å²) in [4.78, 5) is 11.6. The van der Waals surface area contributed by atoms with E-state index in [1.807, 2.05) is 25.1 Å². The van der Waals surface area contributed by atoms with Crippen molar-refractivity contribution in [3.63, 3.8) is 0 Å². The standard InChI is InChI=1S/C17H28N2O2.ClH/c1-11(2)8-13(4)21-16-9-12(3)6-7-15(16)10-19-17(20)14(5)18;/h6-7,9,11,13-14H,8,10,18H2,1-5H3,(H,19,20);1H/t13?,14-;/m0./s1. The SMILES string of the molecule is Cc1ccc(CNC(=O)[C@H](C)N)c(OC(C)CC(C)C)c1.Cl. The lowest BCUT2D eigenvalue weighted by molar-refractivity contribution is -0.122. The summed E-state index contributed by atoms with van der Waals surface area (Å²) >= 11 is 0. The molecule has 0 radical (unpaired) electrons. The van der Waals surface area contributed by atoms with Crippen LogP contribution in [0.25, 0.3) is 0 Å². The molecule has 126 valence electrons. The second kappa shape index (κ2) is 9.70. The van der Waals surface area contributed by atoms with Crippen LogP contribution in [0.4, 0.5) is 0 Å². The first kappa shape index (κ1) is 20.7. The van der Waals surface area contributed by atoms with Crippen LogP contribution in [0.3, 0.4) is 0 Å². The maximum absolute atomic E-state index is 11.6. The Kier molecular flexibility index (Phi) is 9.14. The first-order valence-electron chi connectivity index (χ1n) is 7.59. The van der Waals surface area contributed by atoms with E-state index < -0.39 is 6.04 Å². The van der Waals surface area contributed by atoms with Gasteiger partial charge in [-0.1, -0.05) is 26.0 Å². The van der Waals surface area contributed by atoms with Gasteiger partial charge < -0.3 is 15.8 Å². The van der Waals surface area contributed by atoms with Crippen LogP contribution in [0.15, 0.2) is 18.2 Å². The number of ether oxygens (including phenoxy) is 1. The highest BCUT2D eigenvalue weighted by Gasteiger charge is 2.12. The van der Waals surface area contributed by atoms with Crippen molar-refractivity contribution < 1.29 is 9.53 Å². The van der Waals surface area contributed by atoms with Crippen LogP contribution < -0.4 is 15.8 Å². The van der Waals surface area contributed by atoms with Crippen molar-refractivity contribution in [2.75, 3.05) is 0 Å². The molecular weight excluding hydrogens is 300 g/mol. The zero-order valence-electron chi connectivity index (χ0n) is 14.2. The highest BCUT2D eigenvalue weighted by atomic mass is 35.5. The summed E-state index contributed by atoms with van der Waals surface area (Å²) in [6.45, 7) is 10.6. The number of nitrogens with two attached hydrogens (primary N) is 1. The Balaban J connectivity index is 0.00000441. The first-order chi connectivity index (χ1) is 9.79. The van der Waals surface area contributed by atoms with Gasteiger partial charge in [0, 0.05) is 12.1 Å². The number of hydrogen-bond donors (Lipinski definition) is 2. The molecule has 1 amide bonds. The summed E-state index contributed by atoms with van der Waals surface area (Å²) < 4.78 is 6.05. The van der Waals surface area contributed by atoms with E-state index in [4.69, 9.17) is 10.5 Å². The van der Waals surface area contributed by atoms with E-state index in [-0.39, 0.29) is 24.4 Å². The summed E-state index contributed by atoms with van der Waals surface area (Å²) in [5.41, 5.74) is 7.67. The van der Waals surface area contributed by atoms with Gasteiger partial charge in [0.05, 0.1) is 12.1 Å². The number of amides is 1. The maximum atomic E-state index is 11.6. The highest BCUT2D eigenvalue weighted by Crippen LogP contribution is 2.23. The number of aryl methyl sites for hydroxylation is 1. The number of nitrogens with one attached hydrogen (secondary N) is 1. The maximum Gasteiger partial charge on any atom is 0.236 e. The largest absolute Gasteiger partial charge is 0.490 e. The zero-order chi connectivity index (χ0) is 16.0. The predicted molar refractivity (Wildman–Crippen MR) is 93.5 cm³/mol. The topological polar surface area (TPSA) is 64.4 Å². The molecule has 22 heavy (non-hydrogen) atoms. The summed E-state index contributed by atoms with van der Waals surface area (Å²) in [7, 11) is 0. The third-order valence-corrected chi connectivity index (χ3v) is 3.22. The van der Waals surface area contributed by atoms with Gasteiger partial charge in [0.1, 0.15) is 5.75 Å². The number of halogens is 1. The Labute approximate surface area is 140 Å². The molecule has 3 N–H and O–H groups in total. The van der Waals surface area contributed by atoms with Gasteiger partial charge in [-0.2, -0.15) is 0 Å². The highest BCUT2D eigenvalue weighted by molar-refractivity contribution is 5.85. The van der Waals surface area contributed by atoms with Crippen molar-refractivity contribution in [3.8, 4) is 5.75 Å². The molecule has 2 atom stereocenters. The fourth-order valence-electron chi connectivity index (χ4n) is 2.19. The van der Waals surface area contributed by atoms with Gasteiger partial charge in [-0.25, -0.2) is 0 Å². The molecule has 0 saturated heterocycles. The molecule has 0 aliphatic heterocycles. The van der Waals surface area contributed by atoms with E-state index in [1.54, 1.807) is 6.92 Å². The lowest BCUT2D eigenvalue weighted by Gasteiger charge is -2.20. The van der Waals surface area contributed by atoms with Gasteiger partial charge in [-0.3, -0.25) is 4.79 Å². The van der Waals surface area contributed by atoms with Gasteiger partial charge in [0.25, 0.3) is 0 Å². The Hall–Kier alpha value is -1.26. The lowest BCUT2D eigenvalue weighted by Crippen LogP contribution is -2.37. The minimum absolute atomic E-state index is 0. The van der Waals surface area contributed by atoms with Gasteiger partial charge in [-0.15, -0.1) is 12.4 Å². The Bertz CT molecular complexity index is 476. The minimum Gasteiger partial charge on any atom is -0.490 e. The van der Waals surface area contributed by atoms with Crippen LogP contribution in [0.2, 0.25) is 0 Å².